The standard InChI is InChI=1S/C16H18N2O5S2/c1-18(9-12-6-7-24-11-12)15(19)10-23-16(20)13-4-3-5-14(8-13)17-25(2,21)22/h3-8,11,17H,9-10H2,1-2H3. The summed E-state index contributed by atoms with van der Waals surface area (Å²) in [5.41, 5.74) is 1.41. The highest BCUT2D eigenvalue weighted by molar-refractivity contribution is 7.92. The Labute approximate surface area is 150 Å². The SMILES string of the molecule is CN(Cc1ccsc1)C(=O)COC(=O)c1cccc(NS(C)(=O)=O)c1. The van der Waals surface area contributed by atoms with E-state index in [-0.39, 0.29) is 23.8 Å². The summed E-state index contributed by atoms with van der Waals surface area (Å²) in [6, 6.07) is 7.78. The molecule has 0 aliphatic rings. The average molecular weight is 382 g/mol. The van der Waals surface area contributed by atoms with Crippen LogP contribution < -0.4 is 4.72 Å². The number of rotatable bonds is 7. The molecule has 1 amide bonds. The van der Waals surface area contributed by atoms with E-state index in [2.05, 4.69) is 4.72 Å². The van der Waals surface area contributed by atoms with E-state index in [1.807, 2.05) is 16.8 Å². The van der Waals surface area contributed by atoms with Gasteiger partial charge in [-0.3, -0.25) is 9.52 Å². The van der Waals surface area contributed by atoms with Crippen molar-refractivity contribution in [2.45, 2.75) is 6.54 Å². The molecule has 25 heavy (non-hydrogen) atoms. The van der Waals surface area contributed by atoms with Crippen molar-refractivity contribution in [3.8, 4) is 0 Å². The van der Waals surface area contributed by atoms with E-state index in [1.165, 1.54) is 29.2 Å². The van der Waals surface area contributed by atoms with Crippen molar-refractivity contribution in [1.82, 2.24) is 4.90 Å². The second kappa shape index (κ2) is 8.13. The number of ether oxygens (including phenoxy) is 1. The molecule has 2 aromatic rings. The first-order valence-electron chi connectivity index (χ1n) is 7.24. The van der Waals surface area contributed by atoms with Crippen LogP contribution in [-0.4, -0.2) is 45.1 Å². The number of carbonyl (C=O) groups excluding carboxylic acids is 2. The van der Waals surface area contributed by atoms with Crippen LogP contribution in [0.15, 0.2) is 41.1 Å². The molecule has 134 valence electrons. The van der Waals surface area contributed by atoms with Gasteiger partial charge in [-0.1, -0.05) is 6.07 Å². The Morgan fingerprint density at radius 3 is 2.68 bits per heavy atom. The highest BCUT2D eigenvalue weighted by Crippen LogP contribution is 2.13. The molecule has 0 spiro atoms. The second-order valence-corrected chi connectivity index (χ2v) is 7.94. The number of amides is 1. The summed E-state index contributed by atoms with van der Waals surface area (Å²) >= 11 is 1.54. The van der Waals surface area contributed by atoms with E-state index in [0.717, 1.165) is 11.8 Å². The van der Waals surface area contributed by atoms with Crippen LogP contribution >= 0.6 is 11.3 Å². The van der Waals surface area contributed by atoms with Gasteiger partial charge >= 0.3 is 5.97 Å². The summed E-state index contributed by atoms with van der Waals surface area (Å²) in [6.07, 6.45) is 1.01. The lowest BCUT2D eigenvalue weighted by atomic mass is 10.2. The Bertz CT molecular complexity index is 847. The van der Waals surface area contributed by atoms with Crippen LogP contribution in [-0.2, 0) is 26.1 Å². The van der Waals surface area contributed by atoms with Crippen LogP contribution in [0.3, 0.4) is 0 Å². The van der Waals surface area contributed by atoms with Crippen molar-refractivity contribution in [3.63, 3.8) is 0 Å². The average Bonchev–Trinajstić information content (AvgIpc) is 3.03. The lowest BCUT2D eigenvalue weighted by Crippen LogP contribution is -2.30. The summed E-state index contributed by atoms with van der Waals surface area (Å²) < 4.78 is 29.7. The second-order valence-electron chi connectivity index (χ2n) is 5.41. The molecular formula is C16H18N2O5S2. The Morgan fingerprint density at radius 2 is 2.04 bits per heavy atom. The Morgan fingerprint density at radius 1 is 1.28 bits per heavy atom. The minimum Gasteiger partial charge on any atom is -0.452 e. The van der Waals surface area contributed by atoms with E-state index >= 15 is 0 Å². The van der Waals surface area contributed by atoms with Crippen LogP contribution in [0.1, 0.15) is 15.9 Å². The van der Waals surface area contributed by atoms with E-state index < -0.39 is 16.0 Å². The molecule has 1 aromatic carbocycles. The van der Waals surface area contributed by atoms with Gasteiger partial charge < -0.3 is 9.64 Å². The molecule has 0 fully saturated rings. The fourth-order valence-electron chi connectivity index (χ4n) is 1.99. The van der Waals surface area contributed by atoms with Gasteiger partial charge in [-0.05, 0) is 40.6 Å². The Kier molecular flexibility index (Phi) is 6.16. The molecule has 1 heterocycles. The quantitative estimate of drug-likeness (QED) is 0.739. The highest BCUT2D eigenvalue weighted by atomic mass is 32.2. The molecule has 0 saturated carbocycles. The molecule has 0 atom stereocenters. The predicted molar refractivity (Wildman–Crippen MR) is 96.0 cm³/mol. The molecule has 0 bridgehead atoms. The smallest absolute Gasteiger partial charge is 0.338 e. The van der Waals surface area contributed by atoms with E-state index in [1.54, 1.807) is 18.4 Å². The van der Waals surface area contributed by atoms with Crippen molar-refractivity contribution < 1.29 is 22.7 Å². The number of likely N-dealkylation sites (N-methyl/N-ethyl adjacent to an activating group) is 1. The monoisotopic (exact) mass is 382 g/mol. The third kappa shape index (κ3) is 6.20. The van der Waals surface area contributed by atoms with Crippen LogP contribution in [0.2, 0.25) is 0 Å². The van der Waals surface area contributed by atoms with Gasteiger partial charge in [0.15, 0.2) is 6.61 Å². The Balaban J connectivity index is 1.91. The van der Waals surface area contributed by atoms with Gasteiger partial charge in [0, 0.05) is 19.3 Å². The molecule has 0 aliphatic carbocycles. The number of thiophene rings is 1. The predicted octanol–water partition coefficient (Wildman–Crippen LogP) is 1.94. The van der Waals surface area contributed by atoms with Crippen LogP contribution in [0, 0.1) is 0 Å². The number of nitrogens with zero attached hydrogens (tertiary/aromatic N) is 1. The van der Waals surface area contributed by atoms with Gasteiger partial charge in [0.05, 0.1) is 11.8 Å². The maximum Gasteiger partial charge on any atom is 0.338 e. The summed E-state index contributed by atoms with van der Waals surface area (Å²) in [6.45, 7) is 0.0524. The van der Waals surface area contributed by atoms with E-state index in [4.69, 9.17) is 4.74 Å². The molecule has 0 unspecified atom stereocenters. The van der Waals surface area contributed by atoms with Crippen molar-refractivity contribution >= 4 is 38.9 Å². The minimum atomic E-state index is -3.44. The number of anilines is 1. The van der Waals surface area contributed by atoms with E-state index in [0.29, 0.717) is 6.54 Å². The maximum absolute atomic E-state index is 12.0. The molecule has 0 aliphatic heterocycles. The number of benzene rings is 1. The lowest BCUT2D eigenvalue weighted by Gasteiger charge is -2.16. The first kappa shape index (κ1) is 18.9. The van der Waals surface area contributed by atoms with E-state index in [9.17, 15) is 18.0 Å². The minimum absolute atomic E-state index is 0.155. The molecule has 0 radical (unpaired) electrons. The largest absolute Gasteiger partial charge is 0.452 e. The normalized spacial score (nSPS) is 11.0. The van der Waals surface area contributed by atoms with Gasteiger partial charge in [0.25, 0.3) is 5.91 Å². The Hall–Kier alpha value is -2.39. The number of hydrogen-bond acceptors (Lipinski definition) is 6. The summed E-state index contributed by atoms with van der Waals surface area (Å²) in [7, 11) is -1.81. The van der Waals surface area contributed by atoms with Crippen LogP contribution in [0.25, 0.3) is 0 Å². The highest BCUT2D eigenvalue weighted by Gasteiger charge is 2.15. The maximum atomic E-state index is 12.0. The fraction of sp³-hybridized carbons (Fsp3) is 0.250. The zero-order valence-corrected chi connectivity index (χ0v) is 15.4. The third-order valence-corrected chi connectivity index (χ3v) is 4.49. The number of carbonyl (C=O) groups is 2. The molecule has 2 rings (SSSR count). The molecule has 0 saturated heterocycles. The number of nitrogens with one attached hydrogen (secondary N) is 1. The van der Waals surface area contributed by atoms with Crippen molar-refractivity contribution in [2.75, 3.05) is 24.6 Å². The summed E-state index contributed by atoms with van der Waals surface area (Å²) in [4.78, 5) is 25.5. The van der Waals surface area contributed by atoms with Crippen molar-refractivity contribution in [2.24, 2.45) is 0 Å². The molecule has 1 N–H and O–H groups in total. The third-order valence-electron chi connectivity index (χ3n) is 3.15. The van der Waals surface area contributed by atoms with Crippen molar-refractivity contribution in [3.05, 3.63) is 52.2 Å². The number of sulfonamides is 1. The zero-order valence-electron chi connectivity index (χ0n) is 13.8. The molecule has 1 aromatic heterocycles. The topological polar surface area (TPSA) is 92.8 Å². The van der Waals surface area contributed by atoms with Gasteiger partial charge in [0.1, 0.15) is 0 Å². The first-order valence-corrected chi connectivity index (χ1v) is 10.1. The zero-order chi connectivity index (χ0) is 18.4. The van der Waals surface area contributed by atoms with Crippen molar-refractivity contribution in [1.29, 1.82) is 0 Å². The summed E-state index contributed by atoms with van der Waals surface area (Å²) in [5.74, 6) is -1.03. The first-order chi connectivity index (χ1) is 11.7. The van der Waals surface area contributed by atoms with Gasteiger partial charge in [0.2, 0.25) is 10.0 Å². The van der Waals surface area contributed by atoms with Gasteiger partial charge in [-0.25, -0.2) is 13.2 Å². The van der Waals surface area contributed by atoms with Crippen LogP contribution in [0.5, 0.6) is 0 Å². The number of esters is 1. The van der Waals surface area contributed by atoms with Gasteiger partial charge in [-0.2, -0.15) is 11.3 Å². The fourth-order valence-corrected chi connectivity index (χ4v) is 3.20. The van der Waals surface area contributed by atoms with Crippen LogP contribution in [0.4, 0.5) is 5.69 Å². The lowest BCUT2D eigenvalue weighted by molar-refractivity contribution is -0.133. The molecule has 7 nitrogen and oxygen atoms in total. The summed E-state index contributed by atoms with van der Waals surface area (Å²) in [5, 5.41) is 3.86. The number of hydrogen-bond donors (Lipinski definition) is 1. The van der Waals surface area contributed by atoms with Gasteiger partial charge in [-0.15, -0.1) is 0 Å². The molecule has 9 heteroatoms. The molecular weight excluding hydrogens is 364 g/mol.